The van der Waals surface area contributed by atoms with Crippen LogP contribution >= 0.6 is 0 Å². The molecule has 0 aliphatic rings. The smallest absolute Gasteiger partial charge is 0 e. The van der Waals surface area contributed by atoms with Gasteiger partial charge in [0.25, 0.3) is 0 Å². The van der Waals surface area contributed by atoms with E-state index >= 15 is 0 Å². The van der Waals surface area contributed by atoms with E-state index in [0.29, 0.717) is 0 Å². The molecule has 0 bridgehead atoms. The van der Waals surface area contributed by atoms with E-state index in [0.717, 1.165) is 0 Å². The first kappa shape index (κ1) is 95.8. The van der Waals surface area contributed by atoms with Crippen LogP contribution in [0.2, 0.25) is 0 Å². The Hall–Kier alpha value is 5.84. The second-order valence-corrected chi connectivity index (χ2v) is 16.9. The molecule has 0 aromatic rings. The lowest BCUT2D eigenvalue weighted by Crippen LogP contribution is -2.38. The molecule has 0 amide bonds. The minimum Gasteiger partial charge on any atom is 0 e. The molecule has 92 radical (unpaired) electrons. The number of hydrogen-bond acceptors (Lipinski definition) is 0. The van der Waals surface area contributed by atoms with Gasteiger partial charge in [-0.3, -0.25) is 0 Å². The van der Waals surface area contributed by atoms with Crippen molar-refractivity contribution in [1.29, 1.82) is 0 Å². The van der Waals surface area contributed by atoms with E-state index in [9.17, 15) is 0 Å². The molecule has 0 atom stereocenters. The van der Waals surface area contributed by atoms with Gasteiger partial charge in [0.1, 0.15) is 0 Å². The van der Waals surface area contributed by atoms with Gasteiger partial charge in [-0.2, -0.15) is 0 Å². The van der Waals surface area contributed by atoms with Gasteiger partial charge < -0.3 is 0 Å². The lowest BCUT2D eigenvalue weighted by atomic mass is 8.81. The quantitative estimate of drug-likeness (QED) is 0.0421. The molecule has 0 fully saturated rings. The minimum absolute atomic E-state index is 1.50. The first-order chi connectivity index (χ1) is 44.9. The van der Waals surface area contributed by atoms with Gasteiger partial charge in [-0.05, 0) is 0 Å². The maximum absolute atomic E-state index is 5.27. The minimum atomic E-state index is 1.50. The Balaban J connectivity index is 3.08. The van der Waals surface area contributed by atoms with Crippen molar-refractivity contribution >= 4 is 637 Å². The molecule has 0 nitrogen and oxygen atoms in total. The van der Waals surface area contributed by atoms with Gasteiger partial charge in [0, 0.05) is 637 Å². The zero-order chi connectivity index (χ0) is 64.2. The zero-order valence-corrected chi connectivity index (χ0v) is 52.0. The van der Waals surface area contributed by atoms with Crippen molar-refractivity contribution in [3.63, 3.8) is 0 Å². The average molecular weight is 973 g/mol. The largest absolute Gasteiger partial charge is 0 e. The van der Waals surface area contributed by atoms with Crippen LogP contribution in [0.25, 0.3) is 0 Å². The van der Waals surface area contributed by atoms with Crippen LogP contribution in [0.4, 0.5) is 0 Å². The molecular weight excluding hydrogens is 973 g/mol. The van der Waals surface area contributed by atoms with Crippen molar-refractivity contribution in [3.05, 3.63) is 0 Å². The first-order valence-electron chi connectivity index (χ1n) is 29.7. The maximum Gasteiger partial charge on any atom is 0 e. The SMILES string of the molecule is [B][B][B][B][B][B][B][B][B][B][B][B][B][B][B][B][B][B][B][B][B][B][B][B][B][B][B][B][B][B][B][B][B][B][B][B][B][B][B][B][B][B][B][B][B][B][B][B][B][B][B][B][B][B][B][B][B][B][B][B][B][B][B][B][B][B][B][B][B][B][B][B][B][B][B][B][B][B][B][B][B][B][B][B][B][B][B][B][B][B]. The van der Waals surface area contributed by atoms with Crippen molar-refractivity contribution in [2.24, 2.45) is 0 Å². The van der Waals surface area contributed by atoms with E-state index in [1.54, 1.807) is 14.1 Å². The third kappa shape index (κ3) is 93.8. The Morgan fingerprint density at radius 2 is 0.0889 bits per heavy atom. The van der Waals surface area contributed by atoms with E-state index in [4.69, 9.17) is 15.5 Å². The van der Waals surface area contributed by atoms with Crippen molar-refractivity contribution in [1.82, 2.24) is 0 Å². The molecule has 90 heavy (non-hydrogen) atoms. The summed E-state index contributed by atoms with van der Waals surface area (Å²) in [4.78, 5) is 0. The summed E-state index contributed by atoms with van der Waals surface area (Å²) in [5, 5.41) is 0. The predicted molar refractivity (Wildman–Crippen MR) is 518 cm³/mol. The third-order valence-corrected chi connectivity index (χ3v) is 9.67. The van der Waals surface area contributed by atoms with Crippen LogP contribution in [0.3, 0.4) is 0 Å². The summed E-state index contributed by atoms with van der Waals surface area (Å²) in [6.45, 7) is 0. The summed E-state index contributed by atoms with van der Waals surface area (Å²) >= 11 is 0. The van der Waals surface area contributed by atoms with Crippen LogP contribution in [-0.2, 0) is 0 Å². The summed E-state index contributed by atoms with van der Waals surface area (Å²) < 4.78 is 0. The highest BCUT2D eigenvalue weighted by Crippen LogP contribution is 1.70. The Bertz CT molecular complexity index is 1050. The average Bonchev–Trinajstić information content (AvgIpc) is 3.55. The summed E-state index contributed by atoms with van der Waals surface area (Å²) in [5.41, 5.74) is 0. The third-order valence-electron chi connectivity index (χ3n) is 9.67. The van der Waals surface area contributed by atoms with E-state index in [1.807, 2.05) is 593 Å². The Kier molecular flexibility index (Phi) is 101. The van der Waals surface area contributed by atoms with Crippen molar-refractivity contribution in [2.45, 2.75) is 0 Å². The Labute approximate surface area is 630 Å². The zero-order valence-electron chi connectivity index (χ0n) is 52.0. The Morgan fingerprint density at radius 1 is 0.0556 bits per heavy atom. The molecule has 0 unspecified atom stereocenters. The molecule has 90 heteroatoms. The lowest BCUT2D eigenvalue weighted by Gasteiger charge is -2.00. The van der Waals surface area contributed by atoms with E-state index < -0.39 is 0 Å². The van der Waals surface area contributed by atoms with Gasteiger partial charge in [0.05, 0.1) is 0 Å². The number of hydrogen-bond donors (Lipinski definition) is 0. The molecule has 270 valence electrons. The molecule has 0 heterocycles. The maximum atomic E-state index is 5.27. The fraction of sp³-hybridized carbons (Fsp3) is 0. The molecule has 0 saturated carbocycles. The standard InChI is InChI=1S/B90/c1-3-5-7-9-11-13-15-17-19-21-23-25-27-29-31-33-35-37-39-41-43-45-47-49-51-53-55-57-59-61-63-65-67-69-71-73-75-77-79-81-83-85-87-89-90-88-86-84-82-80-78-76-74-72-70-68-66-64-62-60-58-56-54-52-50-48-46-44-42-40-38-36-34-32-30-28-26-24-22-20-18-16-14-12-10-8-6-4-2. The molecule has 0 saturated heterocycles. The number of rotatable bonds is 87. The van der Waals surface area contributed by atoms with Gasteiger partial charge in [-0.15, -0.1) is 0 Å². The molecule has 0 aliphatic carbocycles. The van der Waals surface area contributed by atoms with Crippen LogP contribution < -0.4 is 0 Å². The van der Waals surface area contributed by atoms with Gasteiger partial charge >= 0.3 is 0 Å². The first-order valence-corrected chi connectivity index (χ1v) is 29.7. The highest BCUT2D eigenvalue weighted by Gasteiger charge is 2.08. The van der Waals surface area contributed by atoms with Crippen LogP contribution in [0.5, 0.6) is 0 Å². The highest BCUT2D eigenvalue weighted by molar-refractivity contribution is 7.84. The monoisotopic (exact) mass is 991 g/mol. The van der Waals surface area contributed by atoms with Gasteiger partial charge in [0.15, 0.2) is 0 Å². The van der Waals surface area contributed by atoms with E-state index in [2.05, 4.69) is 0 Å². The molecule has 0 aliphatic heterocycles. The van der Waals surface area contributed by atoms with Gasteiger partial charge in [-0.25, -0.2) is 0 Å². The van der Waals surface area contributed by atoms with Crippen LogP contribution in [0, 0.1) is 0 Å². The summed E-state index contributed by atoms with van der Waals surface area (Å²) in [7, 11) is 184. The van der Waals surface area contributed by atoms with E-state index in [-0.39, 0.29) is 0 Å². The van der Waals surface area contributed by atoms with Crippen LogP contribution in [0.1, 0.15) is 0 Å². The molecule has 0 N–H and O–H groups in total. The van der Waals surface area contributed by atoms with Gasteiger partial charge in [0.2, 0.25) is 0 Å². The molecule has 0 aromatic heterocycles. The molecule has 0 rings (SSSR count). The molecule has 0 spiro atoms. The van der Waals surface area contributed by atoms with Gasteiger partial charge in [-0.1, -0.05) is 0 Å². The van der Waals surface area contributed by atoms with Crippen LogP contribution in [-0.4, -0.2) is 637 Å². The second-order valence-electron chi connectivity index (χ2n) is 16.9. The summed E-state index contributed by atoms with van der Waals surface area (Å²) in [5.74, 6) is 0. The topological polar surface area (TPSA) is 0 Å². The van der Waals surface area contributed by atoms with Crippen LogP contribution in [0.15, 0.2) is 0 Å². The predicted octanol–water partition coefficient (Wildman–Crippen LogP) is -34.3. The summed E-state index contributed by atoms with van der Waals surface area (Å²) in [6, 6.07) is 0. The van der Waals surface area contributed by atoms with Crippen molar-refractivity contribution in [3.8, 4) is 0 Å². The Morgan fingerprint density at radius 3 is 0.122 bits per heavy atom. The summed E-state index contributed by atoms with van der Waals surface area (Å²) in [6.07, 6.45) is 0. The van der Waals surface area contributed by atoms with Crippen molar-refractivity contribution in [2.75, 3.05) is 0 Å². The normalized spacial score (nSPS) is 7.87. The lowest BCUT2D eigenvalue weighted by molar-refractivity contribution is 3.76. The fourth-order valence-electron chi connectivity index (χ4n) is 5.52. The molecular formula is B90. The molecule has 0 aromatic carbocycles. The fourth-order valence-corrected chi connectivity index (χ4v) is 5.52. The van der Waals surface area contributed by atoms with E-state index in [1.165, 1.54) is 14.1 Å². The van der Waals surface area contributed by atoms with Crippen molar-refractivity contribution < 1.29 is 0 Å². The second kappa shape index (κ2) is 94.8. The highest BCUT2D eigenvalue weighted by atomic mass is 12.9.